The predicted molar refractivity (Wildman–Crippen MR) is 110 cm³/mol. The Morgan fingerprint density at radius 1 is 0.964 bits per heavy atom. The van der Waals surface area contributed by atoms with E-state index >= 15 is 0 Å². The third-order valence-electron chi connectivity index (χ3n) is 4.45. The third kappa shape index (κ3) is 4.64. The zero-order valence-corrected chi connectivity index (χ0v) is 15.4. The van der Waals surface area contributed by atoms with Gasteiger partial charge in [0.25, 0.3) is 0 Å². The number of aromatic nitrogens is 1. The van der Waals surface area contributed by atoms with Crippen molar-refractivity contribution in [3.63, 3.8) is 0 Å². The summed E-state index contributed by atoms with van der Waals surface area (Å²) in [5.41, 5.74) is 2.75. The Hall–Kier alpha value is -3.44. The number of amides is 1. The summed E-state index contributed by atoms with van der Waals surface area (Å²) in [7, 11) is 0. The summed E-state index contributed by atoms with van der Waals surface area (Å²) in [6, 6.07) is 23.7. The van der Waals surface area contributed by atoms with Gasteiger partial charge in [-0.1, -0.05) is 48.5 Å². The minimum atomic E-state index is -0.0837. The molecule has 0 aliphatic rings. The standard InChI is InChI=1S/C23H21N3O2/c27-23(25-20-13-19-9-4-5-11-22(19)24-14-20)17-26(16-21-10-6-12-28-21)15-18-7-2-1-3-8-18/h1-14H,15-17H2,(H,25,27). The van der Waals surface area contributed by atoms with Crippen molar-refractivity contribution in [3.8, 4) is 0 Å². The second-order valence-electron chi connectivity index (χ2n) is 6.67. The summed E-state index contributed by atoms with van der Waals surface area (Å²) >= 11 is 0. The van der Waals surface area contributed by atoms with Crippen LogP contribution in [0.5, 0.6) is 0 Å². The van der Waals surface area contributed by atoms with Crippen molar-refractivity contribution in [2.45, 2.75) is 13.1 Å². The van der Waals surface area contributed by atoms with Crippen LogP contribution in [0.1, 0.15) is 11.3 Å². The average Bonchev–Trinajstić information content (AvgIpc) is 3.21. The molecular formula is C23H21N3O2. The van der Waals surface area contributed by atoms with Crippen LogP contribution in [0.4, 0.5) is 5.69 Å². The lowest BCUT2D eigenvalue weighted by atomic mass is 10.2. The Bertz CT molecular complexity index is 1050. The number of fused-ring (bicyclic) bond motifs is 1. The number of pyridine rings is 1. The first-order valence-corrected chi connectivity index (χ1v) is 9.19. The molecular weight excluding hydrogens is 350 g/mol. The average molecular weight is 371 g/mol. The van der Waals surface area contributed by atoms with Crippen LogP contribution in [0.2, 0.25) is 0 Å². The van der Waals surface area contributed by atoms with E-state index in [-0.39, 0.29) is 12.5 Å². The van der Waals surface area contributed by atoms with Crippen molar-refractivity contribution in [3.05, 3.63) is 96.6 Å². The Morgan fingerprint density at radius 2 is 1.79 bits per heavy atom. The van der Waals surface area contributed by atoms with Crippen LogP contribution in [0.3, 0.4) is 0 Å². The number of rotatable bonds is 7. The van der Waals surface area contributed by atoms with E-state index in [0.717, 1.165) is 22.2 Å². The maximum Gasteiger partial charge on any atom is 0.238 e. The first-order chi connectivity index (χ1) is 13.8. The molecule has 4 aromatic rings. The third-order valence-corrected chi connectivity index (χ3v) is 4.45. The maximum atomic E-state index is 12.7. The monoisotopic (exact) mass is 371 g/mol. The van der Waals surface area contributed by atoms with Crippen molar-refractivity contribution in [2.75, 3.05) is 11.9 Å². The highest BCUT2D eigenvalue weighted by atomic mass is 16.3. The molecule has 0 fully saturated rings. The van der Waals surface area contributed by atoms with Crippen molar-refractivity contribution in [1.82, 2.24) is 9.88 Å². The molecule has 0 saturated carbocycles. The van der Waals surface area contributed by atoms with Gasteiger partial charge >= 0.3 is 0 Å². The molecule has 0 saturated heterocycles. The van der Waals surface area contributed by atoms with E-state index in [9.17, 15) is 4.79 Å². The van der Waals surface area contributed by atoms with E-state index in [2.05, 4.69) is 27.3 Å². The minimum Gasteiger partial charge on any atom is -0.468 e. The number of carbonyl (C=O) groups is 1. The summed E-state index contributed by atoms with van der Waals surface area (Å²) in [5, 5.41) is 3.95. The molecule has 1 N–H and O–H groups in total. The van der Waals surface area contributed by atoms with Gasteiger partial charge in [-0.15, -0.1) is 0 Å². The summed E-state index contributed by atoms with van der Waals surface area (Å²) < 4.78 is 5.47. The van der Waals surface area contributed by atoms with Crippen molar-refractivity contribution >= 4 is 22.5 Å². The van der Waals surface area contributed by atoms with E-state index in [1.165, 1.54) is 0 Å². The molecule has 28 heavy (non-hydrogen) atoms. The quantitative estimate of drug-likeness (QED) is 0.521. The van der Waals surface area contributed by atoms with Crippen molar-refractivity contribution < 1.29 is 9.21 Å². The van der Waals surface area contributed by atoms with E-state index in [1.807, 2.05) is 60.7 Å². The second kappa shape index (κ2) is 8.50. The van der Waals surface area contributed by atoms with E-state index in [1.54, 1.807) is 12.5 Å². The van der Waals surface area contributed by atoms with Crippen LogP contribution < -0.4 is 5.32 Å². The zero-order chi connectivity index (χ0) is 19.2. The van der Waals surface area contributed by atoms with Crippen LogP contribution in [0.15, 0.2) is 89.7 Å². The van der Waals surface area contributed by atoms with Crippen LogP contribution >= 0.6 is 0 Å². The molecule has 140 valence electrons. The number of benzene rings is 2. The fraction of sp³-hybridized carbons (Fsp3) is 0.130. The lowest BCUT2D eigenvalue weighted by molar-refractivity contribution is -0.117. The van der Waals surface area contributed by atoms with Crippen molar-refractivity contribution in [1.29, 1.82) is 0 Å². The molecule has 2 aromatic heterocycles. The maximum absolute atomic E-state index is 12.7. The molecule has 5 heteroatoms. The number of para-hydroxylation sites is 1. The van der Waals surface area contributed by atoms with E-state index in [4.69, 9.17) is 4.42 Å². The number of nitrogens with one attached hydrogen (secondary N) is 1. The molecule has 0 spiro atoms. The molecule has 0 radical (unpaired) electrons. The van der Waals surface area contributed by atoms with E-state index in [0.29, 0.717) is 18.8 Å². The summed E-state index contributed by atoms with van der Waals surface area (Å²) in [6.45, 7) is 1.47. The number of hydrogen-bond acceptors (Lipinski definition) is 4. The minimum absolute atomic E-state index is 0.0837. The van der Waals surface area contributed by atoms with Crippen LogP contribution in [-0.4, -0.2) is 22.3 Å². The summed E-state index contributed by atoms with van der Waals surface area (Å²) in [4.78, 5) is 19.1. The van der Waals surface area contributed by atoms with Gasteiger partial charge in [-0.05, 0) is 29.8 Å². The highest BCUT2D eigenvalue weighted by Crippen LogP contribution is 2.16. The summed E-state index contributed by atoms with van der Waals surface area (Å²) in [5.74, 6) is 0.746. The van der Waals surface area contributed by atoms with Gasteiger partial charge in [-0.2, -0.15) is 0 Å². The molecule has 5 nitrogen and oxygen atoms in total. The SMILES string of the molecule is O=C(CN(Cc1ccccc1)Cc1ccco1)Nc1cnc2ccccc2c1. The van der Waals surface area contributed by atoms with Gasteiger partial charge in [0.2, 0.25) is 5.91 Å². The number of nitrogens with zero attached hydrogens (tertiary/aromatic N) is 2. The Labute approximate surface area is 163 Å². The second-order valence-corrected chi connectivity index (χ2v) is 6.67. The topological polar surface area (TPSA) is 58.4 Å². The van der Waals surface area contributed by atoms with Crippen LogP contribution in [0, 0.1) is 0 Å². The molecule has 0 atom stereocenters. The highest BCUT2D eigenvalue weighted by Gasteiger charge is 2.14. The Morgan fingerprint density at radius 3 is 2.61 bits per heavy atom. The highest BCUT2D eigenvalue weighted by molar-refractivity contribution is 5.94. The lowest BCUT2D eigenvalue weighted by Gasteiger charge is -2.21. The Balaban J connectivity index is 1.45. The number of hydrogen-bond donors (Lipinski definition) is 1. The van der Waals surface area contributed by atoms with E-state index < -0.39 is 0 Å². The van der Waals surface area contributed by atoms with Crippen LogP contribution in [-0.2, 0) is 17.9 Å². The lowest BCUT2D eigenvalue weighted by Crippen LogP contribution is -2.32. The van der Waals surface area contributed by atoms with Crippen molar-refractivity contribution in [2.24, 2.45) is 0 Å². The number of furan rings is 1. The summed E-state index contributed by atoms with van der Waals surface area (Å²) in [6.07, 6.45) is 3.34. The first kappa shape index (κ1) is 17.9. The molecule has 4 rings (SSSR count). The van der Waals surface area contributed by atoms with Gasteiger partial charge in [0, 0.05) is 11.9 Å². The fourth-order valence-corrected chi connectivity index (χ4v) is 3.18. The fourth-order valence-electron chi connectivity index (χ4n) is 3.18. The molecule has 2 aromatic carbocycles. The molecule has 1 amide bonds. The molecule has 0 unspecified atom stereocenters. The van der Waals surface area contributed by atoms with Gasteiger partial charge in [-0.3, -0.25) is 14.7 Å². The Kier molecular flexibility index (Phi) is 5.45. The van der Waals surface area contributed by atoms with Gasteiger partial charge in [0.15, 0.2) is 0 Å². The molecule has 0 bridgehead atoms. The number of carbonyl (C=O) groups excluding carboxylic acids is 1. The smallest absolute Gasteiger partial charge is 0.238 e. The van der Waals surface area contributed by atoms with Gasteiger partial charge in [-0.25, -0.2) is 0 Å². The van der Waals surface area contributed by atoms with Gasteiger partial charge in [0.1, 0.15) is 5.76 Å². The van der Waals surface area contributed by atoms with Gasteiger partial charge in [0.05, 0.1) is 36.8 Å². The van der Waals surface area contributed by atoms with Crippen LogP contribution in [0.25, 0.3) is 10.9 Å². The number of anilines is 1. The molecule has 0 aliphatic heterocycles. The zero-order valence-electron chi connectivity index (χ0n) is 15.4. The predicted octanol–water partition coefficient (Wildman–Crippen LogP) is 4.47. The molecule has 0 aliphatic carbocycles. The molecule has 2 heterocycles. The normalized spacial score (nSPS) is 11.0. The first-order valence-electron chi connectivity index (χ1n) is 9.19. The largest absolute Gasteiger partial charge is 0.468 e. The van der Waals surface area contributed by atoms with Gasteiger partial charge < -0.3 is 9.73 Å².